The van der Waals surface area contributed by atoms with E-state index in [1.54, 1.807) is 4.57 Å². The van der Waals surface area contributed by atoms with E-state index < -0.39 is 0 Å². The number of benzene rings is 2. The van der Waals surface area contributed by atoms with Gasteiger partial charge in [-0.2, -0.15) is 0 Å². The molecule has 0 fully saturated rings. The molecule has 0 radical (unpaired) electrons. The lowest BCUT2D eigenvalue weighted by molar-refractivity contribution is 0.141. The van der Waals surface area contributed by atoms with Crippen LogP contribution in [0.1, 0.15) is 31.2 Å². The summed E-state index contributed by atoms with van der Waals surface area (Å²) in [5, 5.41) is 0. The molecule has 0 saturated heterocycles. The van der Waals surface area contributed by atoms with E-state index in [0.29, 0.717) is 0 Å². The van der Waals surface area contributed by atoms with E-state index in [0.717, 1.165) is 22.4 Å². The van der Waals surface area contributed by atoms with Gasteiger partial charge in [-0.15, -0.1) is 0 Å². The molecule has 0 saturated carbocycles. The Morgan fingerprint density at radius 3 is 2.50 bits per heavy atom. The summed E-state index contributed by atoms with van der Waals surface area (Å²) < 4.78 is 7.03. The molecule has 0 aliphatic heterocycles. The summed E-state index contributed by atoms with van der Waals surface area (Å²) in [5.74, 6) is 0.857. The number of hydrogen-bond donors (Lipinski definition) is 0. The fourth-order valence-corrected chi connectivity index (χ4v) is 2.41. The Bertz CT molecular complexity index is 791. The highest BCUT2D eigenvalue weighted by Gasteiger charge is 2.19. The highest BCUT2D eigenvalue weighted by molar-refractivity contribution is 5.87. The number of imidazole rings is 1. The first-order valence-electron chi connectivity index (χ1n) is 7.35. The molecule has 0 spiro atoms. The lowest BCUT2D eigenvalue weighted by Gasteiger charge is -2.10. The normalized spacial score (nSPS) is 11.0. The Morgan fingerprint density at radius 2 is 1.77 bits per heavy atom. The van der Waals surface area contributed by atoms with Crippen LogP contribution >= 0.6 is 0 Å². The molecule has 1 heterocycles. The van der Waals surface area contributed by atoms with Crippen molar-refractivity contribution in [3.05, 3.63) is 66.0 Å². The van der Waals surface area contributed by atoms with Crippen LogP contribution in [-0.2, 0) is 11.3 Å². The average Bonchev–Trinajstić information content (AvgIpc) is 2.93. The van der Waals surface area contributed by atoms with Crippen molar-refractivity contribution < 1.29 is 9.53 Å². The number of nitrogens with zero attached hydrogens (tertiary/aromatic N) is 2. The predicted octanol–water partition coefficient (Wildman–Crippen LogP) is 4.34. The van der Waals surface area contributed by atoms with E-state index in [4.69, 9.17) is 4.74 Å². The number of aromatic nitrogens is 2. The van der Waals surface area contributed by atoms with Crippen molar-refractivity contribution in [2.45, 2.75) is 26.4 Å². The molecule has 22 heavy (non-hydrogen) atoms. The molecule has 0 unspecified atom stereocenters. The first-order valence-corrected chi connectivity index (χ1v) is 7.35. The van der Waals surface area contributed by atoms with Crippen LogP contribution in [0.3, 0.4) is 0 Å². The lowest BCUT2D eigenvalue weighted by atomic mass is 10.2. The average molecular weight is 294 g/mol. The van der Waals surface area contributed by atoms with Gasteiger partial charge in [0.25, 0.3) is 0 Å². The zero-order valence-corrected chi connectivity index (χ0v) is 12.7. The molecule has 112 valence electrons. The minimum atomic E-state index is -0.388. The van der Waals surface area contributed by atoms with Gasteiger partial charge in [0, 0.05) is 5.92 Å². The van der Waals surface area contributed by atoms with Crippen LogP contribution in [0.25, 0.3) is 11.0 Å². The van der Waals surface area contributed by atoms with E-state index in [9.17, 15) is 4.79 Å². The molecule has 0 atom stereocenters. The fourth-order valence-electron chi connectivity index (χ4n) is 2.41. The second-order valence-electron chi connectivity index (χ2n) is 5.49. The third-order valence-corrected chi connectivity index (χ3v) is 3.49. The topological polar surface area (TPSA) is 44.1 Å². The maximum absolute atomic E-state index is 12.5. The van der Waals surface area contributed by atoms with Gasteiger partial charge in [0.1, 0.15) is 12.4 Å². The number of rotatable bonds is 3. The van der Waals surface area contributed by atoms with Crippen LogP contribution in [0.4, 0.5) is 4.79 Å². The molecular formula is C18H18N2O2. The minimum Gasteiger partial charge on any atom is -0.444 e. The van der Waals surface area contributed by atoms with Crippen LogP contribution in [0.15, 0.2) is 54.6 Å². The summed E-state index contributed by atoms with van der Waals surface area (Å²) in [6, 6.07) is 17.3. The highest BCUT2D eigenvalue weighted by Crippen LogP contribution is 2.22. The van der Waals surface area contributed by atoms with Crippen molar-refractivity contribution >= 4 is 17.1 Å². The summed E-state index contributed by atoms with van der Waals surface area (Å²) in [6.45, 7) is 4.29. The molecule has 4 heteroatoms. The lowest BCUT2D eigenvalue weighted by Crippen LogP contribution is -2.17. The third-order valence-electron chi connectivity index (χ3n) is 3.49. The van der Waals surface area contributed by atoms with Gasteiger partial charge < -0.3 is 4.74 Å². The summed E-state index contributed by atoms with van der Waals surface area (Å²) >= 11 is 0. The zero-order valence-electron chi connectivity index (χ0n) is 12.7. The Hall–Kier alpha value is -2.62. The predicted molar refractivity (Wildman–Crippen MR) is 85.8 cm³/mol. The zero-order chi connectivity index (χ0) is 15.5. The van der Waals surface area contributed by atoms with Crippen LogP contribution in [-0.4, -0.2) is 15.6 Å². The van der Waals surface area contributed by atoms with Gasteiger partial charge in [-0.25, -0.2) is 14.3 Å². The first kappa shape index (κ1) is 14.3. The number of ether oxygens (including phenoxy) is 1. The summed E-state index contributed by atoms with van der Waals surface area (Å²) in [4.78, 5) is 17.1. The smallest absolute Gasteiger partial charge is 0.420 e. The van der Waals surface area contributed by atoms with Gasteiger partial charge in [-0.1, -0.05) is 56.3 Å². The van der Waals surface area contributed by atoms with Crippen molar-refractivity contribution in [1.82, 2.24) is 9.55 Å². The molecule has 3 aromatic rings. The highest BCUT2D eigenvalue weighted by atomic mass is 16.5. The number of fused-ring (bicyclic) bond motifs is 1. The Balaban J connectivity index is 1.91. The molecule has 0 amide bonds. The SMILES string of the molecule is CC(C)c1nc2ccccc2n1C(=O)OCc1ccccc1. The fraction of sp³-hybridized carbons (Fsp3) is 0.222. The van der Waals surface area contributed by atoms with Crippen molar-refractivity contribution in [3.8, 4) is 0 Å². The van der Waals surface area contributed by atoms with Gasteiger partial charge >= 0.3 is 6.09 Å². The molecule has 0 N–H and O–H groups in total. The summed E-state index contributed by atoms with van der Waals surface area (Å²) in [5.41, 5.74) is 2.55. The van der Waals surface area contributed by atoms with E-state index in [1.165, 1.54) is 0 Å². The number of carbonyl (C=O) groups excluding carboxylic acids is 1. The Morgan fingerprint density at radius 1 is 1.09 bits per heavy atom. The molecule has 0 aliphatic carbocycles. The quantitative estimate of drug-likeness (QED) is 0.721. The number of hydrogen-bond acceptors (Lipinski definition) is 3. The molecule has 0 bridgehead atoms. The molecule has 2 aromatic carbocycles. The molecule has 4 nitrogen and oxygen atoms in total. The Labute approximate surface area is 129 Å². The van der Waals surface area contributed by atoms with E-state index in [2.05, 4.69) is 4.98 Å². The second kappa shape index (κ2) is 6.02. The monoisotopic (exact) mass is 294 g/mol. The maximum Gasteiger partial charge on any atom is 0.420 e. The van der Waals surface area contributed by atoms with Gasteiger partial charge in [0.15, 0.2) is 0 Å². The van der Waals surface area contributed by atoms with Gasteiger partial charge in [0.2, 0.25) is 0 Å². The number of carbonyl (C=O) groups is 1. The van der Waals surface area contributed by atoms with Crippen molar-refractivity contribution in [2.24, 2.45) is 0 Å². The van der Waals surface area contributed by atoms with E-state index in [-0.39, 0.29) is 18.6 Å². The molecule has 3 rings (SSSR count). The minimum absolute atomic E-state index is 0.136. The largest absolute Gasteiger partial charge is 0.444 e. The summed E-state index contributed by atoms with van der Waals surface area (Å²) in [6.07, 6.45) is -0.388. The Kier molecular flexibility index (Phi) is 3.92. The molecular weight excluding hydrogens is 276 g/mol. The van der Waals surface area contributed by atoms with Crippen molar-refractivity contribution in [2.75, 3.05) is 0 Å². The molecule has 1 aromatic heterocycles. The summed E-state index contributed by atoms with van der Waals surface area (Å²) in [7, 11) is 0. The third kappa shape index (κ3) is 2.72. The van der Waals surface area contributed by atoms with Crippen LogP contribution in [0.2, 0.25) is 0 Å². The molecule has 0 aliphatic rings. The number of para-hydroxylation sites is 2. The van der Waals surface area contributed by atoms with E-state index >= 15 is 0 Å². The van der Waals surface area contributed by atoms with Gasteiger partial charge in [0.05, 0.1) is 11.0 Å². The van der Waals surface area contributed by atoms with Crippen molar-refractivity contribution in [1.29, 1.82) is 0 Å². The standard InChI is InChI=1S/C18H18N2O2/c1-13(2)17-19-15-10-6-7-11-16(15)20(17)18(21)22-12-14-8-4-3-5-9-14/h3-11,13H,12H2,1-2H3. The van der Waals surface area contributed by atoms with Crippen LogP contribution in [0.5, 0.6) is 0 Å². The van der Waals surface area contributed by atoms with Crippen molar-refractivity contribution in [3.63, 3.8) is 0 Å². The van der Waals surface area contributed by atoms with Crippen LogP contribution < -0.4 is 0 Å². The second-order valence-corrected chi connectivity index (χ2v) is 5.49. The van der Waals surface area contributed by atoms with E-state index in [1.807, 2.05) is 68.4 Å². The first-order chi connectivity index (χ1) is 10.7. The van der Waals surface area contributed by atoms with Gasteiger partial charge in [-0.05, 0) is 17.7 Å². The van der Waals surface area contributed by atoms with Gasteiger partial charge in [-0.3, -0.25) is 0 Å². The van der Waals surface area contributed by atoms with Crippen LogP contribution in [0, 0.1) is 0 Å². The maximum atomic E-state index is 12.5.